The smallest absolute Gasteiger partial charge is 0.281 e. The van der Waals surface area contributed by atoms with Crippen molar-refractivity contribution in [2.45, 2.75) is 45.1 Å². The number of nitrogens with zero attached hydrogens (tertiary/aromatic N) is 5. The standard InChI is InChI=1S/C26H28N6O2/c1-17-8-10-20(11-9-17)18(2)26(34)31-14-12-21(13-15-31)23-27-24-22(25(33)28-23)29-30-32(24)16-19-6-4-3-5-7-19/h3-11,18,21H,12-16H2,1-2H3,(H,27,28,33)/t18-/m0/s1. The van der Waals surface area contributed by atoms with E-state index in [-0.39, 0.29) is 28.8 Å². The number of H-pyrrole nitrogens is 1. The van der Waals surface area contributed by atoms with Crippen LogP contribution >= 0.6 is 0 Å². The number of piperidine rings is 1. The van der Waals surface area contributed by atoms with Crippen molar-refractivity contribution < 1.29 is 4.79 Å². The Morgan fingerprint density at radius 1 is 1.09 bits per heavy atom. The Bertz CT molecular complexity index is 1350. The number of nitrogens with one attached hydrogen (secondary N) is 1. The fraction of sp³-hybridized carbons (Fsp3) is 0.346. The van der Waals surface area contributed by atoms with Gasteiger partial charge in [0.2, 0.25) is 5.91 Å². The van der Waals surface area contributed by atoms with Crippen LogP contribution in [0.15, 0.2) is 59.4 Å². The lowest BCUT2D eigenvalue weighted by Crippen LogP contribution is -2.40. The highest BCUT2D eigenvalue weighted by Crippen LogP contribution is 2.28. The minimum atomic E-state index is -0.272. The van der Waals surface area contributed by atoms with Crippen molar-refractivity contribution in [1.82, 2.24) is 29.9 Å². The largest absolute Gasteiger partial charge is 0.342 e. The molecule has 2 aromatic heterocycles. The van der Waals surface area contributed by atoms with Crippen LogP contribution in [0, 0.1) is 6.92 Å². The first-order valence-corrected chi connectivity index (χ1v) is 11.7. The lowest BCUT2D eigenvalue weighted by Gasteiger charge is -2.33. The number of aryl methyl sites for hydroxylation is 1. The minimum absolute atomic E-state index is 0.0795. The van der Waals surface area contributed by atoms with Gasteiger partial charge in [-0.2, -0.15) is 0 Å². The van der Waals surface area contributed by atoms with Crippen LogP contribution in [0.25, 0.3) is 11.2 Å². The number of fused-ring (bicyclic) bond motifs is 1. The molecule has 5 rings (SSSR count). The third-order valence-electron chi connectivity index (χ3n) is 6.71. The number of rotatable bonds is 5. The molecule has 0 spiro atoms. The average molecular weight is 457 g/mol. The van der Waals surface area contributed by atoms with Crippen molar-refractivity contribution in [3.8, 4) is 0 Å². The van der Waals surface area contributed by atoms with Crippen molar-refractivity contribution in [2.75, 3.05) is 13.1 Å². The van der Waals surface area contributed by atoms with Gasteiger partial charge in [0.15, 0.2) is 11.2 Å². The predicted molar refractivity (Wildman–Crippen MR) is 130 cm³/mol. The first kappa shape index (κ1) is 22.0. The number of carbonyl (C=O) groups excluding carboxylic acids is 1. The topological polar surface area (TPSA) is 96.8 Å². The van der Waals surface area contributed by atoms with Gasteiger partial charge in [-0.05, 0) is 37.8 Å². The quantitative estimate of drug-likeness (QED) is 0.497. The fourth-order valence-corrected chi connectivity index (χ4v) is 4.58. The molecule has 1 aliphatic rings. The number of aromatic nitrogens is 5. The second-order valence-corrected chi connectivity index (χ2v) is 9.09. The van der Waals surface area contributed by atoms with Crippen LogP contribution in [0.3, 0.4) is 0 Å². The van der Waals surface area contributed by atoms with Crippen LogP contribution in [0.1, 0.15) is 54.1 Å². The van der Waals surface area contributed by atoms with Crippen LogP contribution < -0.4 is 5.56 Å². The summed E-state index contributed by atoms with van der Waals surface area (Å²) >= 11 is 0. The Hall–Kier alpha value is -3.81. The molecule has 0 aliphatic carbocycles. The number of hydrogen-bond acceptors (Lipinski definition) is 5. The molecule has 8 nitrogen and oxygen atoms in total. The summed E-state index contributed by atoms with van der Waals surface area (Å²) in [5, 5.41) is 8.20. The number of carbonyl (C=O) groups is 1. The Morgan fingerprint density at radius 2 is 1.79 bits per heavy atom. The molecule has 3 heterocycles. The van der Waals surface area contributed by atoms with Crippen LogP contribution in [0.5, 0.6) is 0 Å². The van der Waals surface area contributed by atoms with E-state index in [2.05, 4.69) is 15.3 Å². The second kappa shape index (κ2) is 9.21. The molecular formula is C26H28N6O2. The zero-order valence-corrected chi connectivity index (χ0v) is 19.4. The van der Waals surface area contributed by atoms with Crippen molar-refractivity contribution in [1.29, 1.82) is 0 Å². The molecule has 174 valence electrons. The van der Waals surface area contributed by atoms with Crippen LogP contribution in [-0.4, -0.2) is 48.9 Å². The van der Waals surface area contributed by atoms with Gasteiger partial charge in [0.1, 0.15) is 5.82 Å². The Balaban J connectivity index is 1.30. The van der Waals surface area contributed by atoms with Crippen molar-refractivity contribution in [2.24, 2.45) is 0 Å². The Kier molecular flexibility index (Phi) is 5.96. The van der Waals surface area contributed by atoms with E-state index in [0.29, 0.717) is 31.1 Å². The van der Waals surface area contributed by atoms with Gasteiger partial charge in [-0.1, -0.05) is 65.4 Å². The highest BCUT2D eigenvalue weighted by atomic mass is 16.2. The summed E-state index contributed by atoms with van der Waals surface area (Å²) < 4.78 is 1.67. The Morgan fingerprint density at radius 3 is 2.50 bits per heavy atom. The van der Waals surface area contributed by atoms with E-state index in [9.17, 15) is 9.59 Å². The van der Waals surface area contributed by atoms with E-state index in [1.54, 1.807) is 4.68 Å². The molecule has 1 N–H and O–H groups in total. The maximum Gasteiger partial charge on any atom is 0.281 e. The normalized spacial score (nSPS) is 15.5. The molecule has 1 fully saturated rings. The monoisotopic (exact) mass is 456 g/mol. The summed E-state index contributed by atoms with van der Waals surface area (Å²) in [7, 11) is 0. The zero-order valence-electron chi connectivity index (χ0n) is 19.4. The average Bonchev–Trinajstić information content (AvgIpc) is 3.27. The third-order valence-corrected chi connectivity index (χ3v) is 6.71. The van der Waals surface area contributed by atoms with Crippen LogP contribution in [-0.2, 0) is 11.3 Å². The Labute approximate surface area is 197 Å². The molecule has 0 saturated carbocycles. The fourth-order valence-electron chi connectivity index (χ4n) is 4.58. The highest BCUT2D eigenvalue weighted by Gasteiger charge is 2.29. The molecule has 1 atom stereocenters. The molecule has 2 aromatic carbocycles. The second-order valence-electron chi connectivity index (χ2n) is 9.09. The lowest BCUT2D eigenvalue weighted by atomic mass is 9.93. The summed E-state index contributed by atoms with van der Waals surface area (Å²) in [6.07, 6.45) is 1.50. The molecular weight excluding hydrogens is 428 g/mol. The summed E-state index contributed by atoms with van der Waals surface area (Å²) in [5.41, 5.74) is 3.75. The van der Waals surface area contributed by atoms with Gasteiger partial charge < -0.3 is 9.88 Å². The van der Waals surface area contributed by atoms with E-state index in [1.807, 2.05) is 73.3 Å². The molecule has 0 radical (unpaired) electrons. The van der Waals surface area contributed by atoms with Crippen LogP contribution in [0.2, 0.25) is 0 Å². The molecule has 34 heavy (non-hydrogen) atoms. The maximum absolute atomic E-state index is 13.1. The number of aromatic amines is 1. The van der Waals surface area contributed by atoms with Crippen molar-refractivity contribution >= 4 is 17.1 Å². The molecule has 1 aliphatic heterocycles. The van der Waals surface area contributed by atoms with Gasteiger partial charge in [0.25, 0.3) is 5.56 Å². The van der Waals surface area contributed by atoms with E-state index >= 15 is 0 Å². The molecule has 4 aromatic rings. The van der Waals surface area contributed by atoms with E-state index in [4.69, 9.17) is 4.98 Å². The summed E-state index contributed by atoms with van der Waals surface area (Å²) in [6.45, 7) is 5.79. The molecule has 1 saturated heterocycles. The van der Waals surface area contributed by atoms with Gasteiger partial charge in [-0.15, -0.1) is 5.10 Å². The molecule has 0 unspecified atom stereocenters. The first-order valence-electron chi connectivity index (χ1n) is 11.7. The third kappa shape index (κ3) is 4.35. The van der Waals surface area contributed by atoms with Gasteiger partial charge in [0.05, 0.1) is 12.5 Å². The van der Waals surface area contributed by atoms with Gasteiger partial charge in [-0.3, -0.25) is 9.59 Å². The van der Waals surface area contributed by atoms with Crippen molar-refractivity contribution in [3.63, 3.8) is 0 Å². The first-order chi connectivity index (χ1) is 16.5. The number of benzene rings is 2. The van der Waals surface area contributed by atoms with Gasteiger partial charge in [-0.25, -0.2) is 9.67 Å². The number of hydrogen-bond donors (Lipinski definition) is 1. The predicted octanol–water partition coefficient (Wildman–Crippen LogP) is 3.38. The van der Waals surface area contributed by atoms with Crippen LogP contribution in [0.4, 0.5) is 0 Å². The summed E-state index contributed by atoms with van der Waals surface area (Å²) in [4.78, 5) is 35.3. The molecule has 1 amide bonds. The number of amides is 1. The van der Waals surface area contributed by atoms with Crippen molar-refractivity contribution in [3.05, 3.63) is 87.5 Å². The minimum Gasteiger partial charge on any atom is -0.342 e. The number of likely N-dealkylation sites (tertiary alicyclic amines) is 1. The maximum atomic E-state index is 13.1. The van der Waals surface area contributed by atoms with E-state index < -0.39 is 0 Å². The summed E-state index contributed by atoms with van der Waals surface area (Å²) in [6, 6.07) is 18.0. The zero-order chi connectivity index (χ0) is 23.7. The van der Waals surface area contributed by atoms with Gasteiger partial charge in [0, 0.05) is 19.0 Å². The molecule has 8 heteroatoms. The van der Waals surface area contributed by atoms with E-state index in [1.165, 1.54) is 5.56 Å². The van der Waals surface area contributed by atoms with E-state index in [0.717, 1.165) is 24.0 Å². The SMILES string of the molecule is Cc1ccc([C@H](C)C(=O)N2CCC(c3nc4c(nnn4Cc4ccccc4)c(=O)[nH]3)CC2)cc1. The summed E-state index contributed by atoms with van der Waals surface area (Å²) in [5.74, 6) is 0.692. The van der Waals surface area contributed by atoms with Gasteiger partial charge >= 0.3 is 0 Å². The highest BCUT2D eigenvalue weighted by molar-refractivity contribution is 5.83. The molecule has 0 bridgehead atoms. The lowest BCUT2D eigenvalue weighted by molar-refractivity contribution is -0.133.